The van der Waals surface area contributed by atoms with Crippen molar-refractivity contribution in [2.45, 2.75) is 6.92 Å². The molecule has 0 unspecified atom stereocenters. The van der Waals surface area contributed by atoms with Gasteiger partial charge in [0.2, 0.25) is 5.91 Å². The number of H-pyrrole nitrogens is 1. The molecule has 2 N–H and O–H groups in total. The minimum atomic E-state index is -0.283. The van der Waals surface area contributed by atoms with Gasteiger partial charge in [-0.15, -0.1) is 0 Å². The molecule has 2 aromatic rings. The Morgan fingerprint density at radius 1 is 1.34 bits per heavy atom. The molecular weight excluding hydrogens is 408 g/mol. The predicted octanol–water partition coefficient (Wildman–Crippen LogP) is 1.55. The molecule has 0 saturated carbocycles. The summed E-state index contributed by atoms with van der Waals surface area (Å²) in [5.41, 5.74) is 1.22. The standard InChI is InChI=1S/C24H30N4O4/c1-4-5-6-20-18(2)21(27-26-20)8-10-24(29)25-19-7-9-22(23(17-19)30-3)32-16-13-28-11-14-31-15-12-28/h4-10,17,26H,2,11-16H2,1,3H3,(H,25,29)/b5-4-,10-8+,20-6+. The first kappa shape index (κ1) is 23.3. The van der Waals surface area contributed by atoms with Crippen LogP contribution in [0, 0.1) is 0 Å². The Hall–Kier alpha value is -3.36. The normalized spacial score (nSPS) is 15.5. The average molecular weight is 439 g/mol. The number of carbonyl (C=O) groups is 1. The highest BCUT2D eigenvalue weighted by Gasteiger charge is 2.11. The van der Waals surface area contributed by atoms with E-state index < -0.39 is 0 Å². The zero-order valence-electron chi connectivity index (χ0n) is 18.6. The summed E-state index contributed by atoms with van der Waals surface area (Å²) in [6, 6.07) is 5.31. The smallest absolute Gasteiger partial charge is 0.248 e. The number of amides is 1. The molecular formula is C24H30N4O4. The summed E-state index contributed by atoms with van der Waals surface area (Å²) >= 11 is 0. The van der Waals surface area contributed by atoms with Crippen molar-refractivity contribution in [1.29, 1.82) is 0 Å². The second kappa shape index (κ2) is 11.9. The van der Waals surface area contributed by atoms with Crippen LogP contribution in [0.2, 0.25) is 0 Å². The molecule has 1 aliphatic rings. The van der Waals surface area contributed by atoms with Crippen LogP contribution in [0.1, 0.15) is 12.6 Å². The lowest BCUT2D eigenvalue weighted by molar-refractivity contribution is -0.111. The number of morpholine rings is 1. The van der Waals surface area contributed by atoms with Gasteiger partial charge >= 0.3 is 0 Å². The first-order valence-electron chi connectivity index (χ1n) is 10.6. The number of hydrogen-bond donors (Lipinski definition) is 2. The Balaban J connectivity index is 1.57. The summed E-state index contributed by atoms with van der Waals surface area (Å²) in [5.74, 6) is 0.914. The number of nitrogens with zero attached hydrogens (tertiary/aromatic N) is 2. The van der Waals surface area contributed by atoms with Crippen molar-refractivity contribution >= 4 is 30.3 Å². The van der Waals surface area contributed by atoms with Crippen LogP contribution < -0.4 is 25.4 Å². The predicted molar refractivity (Wildman–Crippen MR) is 126 cm³/mol. The van der Waals surface area contributed by atoms with Crippen molar-refractivity contribution < 1.29 is 19.0 Å². The molecule has 3 rings (SSSR count). The molecule has 0 atom stereocenters. The van der Waals surface area contributed by atoms with Crippen LogP contribution in [0.15, 0.2) is 36.4 Å². The van der Waals surface area contributed by atoms with E-state index in [-0.39, 0.29) is 5.91 Å². The van der Waals surface area contributed by atoms with Gasteiger partial charge in [0.1, 0.15) is 6.61 Å². The van der Waals surface area contributed by atoms with Gasteiger partial charge in [0.15, 0.2) is 11.5 Å². The van der Waals surface area contributed by atoms with Crippen LogP contribution in [0.5, 0.6) is 11.5 Å². The van der Waals surface area contributed by atoms with Gasteiger partial charge in [0.05, 0.1) is 31.4 Å². The van der Waals surface area contributed by atoms with Crippen LogP contribution in [0.3, 0.4) is 0 Å². The Morgan fingerprint density at radius 2 is 2.16 bits per heavy atom. The largest absolute Gasteiger partial charge is 0.493 e. The van der Waals surface area contributed by atoms with E-state index in [1.165, 1.54) is 6.08 Å². The van der Waals surface area contributed by atoms with Crippen molar-refractivity contribution in [3.63, 3.8) is 0 Å². The molecule has 32 heavy (non-hydrogen) atoms. The molecule has 2 heterocycles. The second-order valence-corrected chi connectivity index (χ2v) is 7.18. The van der Waals surface area contributed by atoms with Gasteiger partial charge in [-0.1, -0.05) is 18.7 Å². The Bertz CT molecular complexity index is 1070. The van der Waals surface area contributed by atoms with Crippen molar-refractivity contribution in [3.8, 4) is 11.5 Å². The summed E-state index contributed by atoms with van der Waals surface area (Å²) in [4.78, 5) is 14.6. The number of allylic oxidation sites excluding steroid dienone is 2. The first-order valence-corrected chi connectivity index (χ1v) is 10.6. The lowest BCUT2D eigenvalue weighted by Gasteiger charge is -2.26. The zero-order valence-corrected chi connectivity index (χ0v) is 18.6. The fourth-order valence-electron chi connectivity index (χ4n) is 3.17. The number of methoxy groups -OCH3 is 1. The maximum absolute atomic E-state index is 12.3. The summed E-state index contributed by atoms with van der Waals surface area (Å²) < 4.78 is 16.7. The van der Waals surface area contributed by atoms with E-state index in [0.29, 0.717) is 29.5 Å². The SMILES string of the molecule is C=c1c(/C=C/C(=O)Nc2ccc(OCCN3CCOCC3)c(OC)c2)n[nH]/c1=C/C=C\C. The van der Waals surface area contributed by atoms with E-state index >= 15 is 0 Å². The maximum atomic E-state index is 12.3. The topological polar surface area (TPSA) is 88.7 Å². The molecule has 8 heteroatoms. The van der Waals surface area contributed by atoms with Crippen LogP contribution in [-0.2, 0) is 9.53 Å². The van der Waals surface area contributed by atoms with Crippen LogP contribution in [-0.4, -0.2) is 67.6 Å². The number of rotatable bonds is 9. The molecule has 0 aliphatic carbocycles. The summed E-state index contributed by atoms with van der Waals surface area (Å²) in [7, 11) is 1.57. The van der Waals surface area contributed by atoms with E-state index in [0.717, 1.165) is 43.4 Å². The van der Waals surface area contributed by atoms with E-state index in [1.54, 1.807) is 31.4 Å². The monoisotopic (exact) mass is 438 g/mol. The number of hydrogen-bond acceptors (Lipinski definition) is 6. The van der Waals surface area contributed by atoms with Gasteiger partial charge in [-0.05, 0) is 31.2 Å². The summed E-state index contributed by atoms with van der Waals surface area (Å²) in [6.07, 6.45) is 8.73. The van der Waals surface area contributed by atoms with Gasteiger partial charge in [-0.2, -0.15) is 5.10 Å². The number of aromatic amines is 1. The molecule has 1 fully saturated rings. The summed E-state index contributed by atoms with van der Waals surface area (Å²) in [5, 5.41) is 11.4. The van der Waals surface area contributed by atoms with Gasteiger partial charge in [0, 0.05) is 42.7 Å². The van der Waals surface area contributed by atoms with Crippen LogP contribution >= 0.6 is 0 Å². The highest BCUT2D eigenvalue weighted by molar-refractivity contribution is 6.02. The molecule has 0 radical (unpaired) electrons. The molecule has 0 bridgehead atoms. The minimum absolute atomic E-state index is 0.283. The number of carbonyl (C=O) groups excluding carboxylic acids is 1. The fraction of sp³-hybridized carbons (Fsp3) is 0.333. The Kier molecular flexibility index (Phi) is 8.65. The maximum Gasteiger partial charge on any atom is 0.248 e. The third-order valence-electron chi connectivity index (χ3n) is 4.98. The Labute approximate surface area is 187 Å². The molecule has 1 aliphatic heterocycles. The van der Waals surface area contributed by atoms with Crippen molar-refractivity contribution in [2.75, 3.05) is 51.9 Å². The van der Waals surface area contributed by atoms with Gasteiger partial charge in [0.25, 0.3) is 0 Å². The number of benzene rings is 1. The van der Waals surface area contributed by atoms with E-state index in [1.807, 2.05) is 25.2 Å². The van der Waals surface area contributed by atoms with Gasteiger partial charge in [-0.3, -0.25) is 14.8 Å². The molecule has 0 spiro atoms. The third-order valence-corrected chi connectivity index (χ3v) is 4.98. The molecule has 170 valence electrons. The van der Waals surface area contributed by atoms with Crippen molar-refractivity contribution in [1.82, 2.24) is 15.1 Å². The second-order valence-electron chi connectivity index (χ2n) is 7.18. The highest BCUT2D eigenvalue weighted by atomic mass is 16.5. The fourth-order valence-corrected chi connectivity index (χ4v) is 3.17. The number of aromatic nitrogens is 2. The van der Waals surface area contributed by atoms with E-state index in [4.69, 9.17) is 14.2 Å². The zero-order chi connectivity index (χ0) is 22.8. The van der Waals surface area contributed by atoms with Gasteiger partial charge in [-0.25, -0.2) is 0 Å². The molecule has 8 nitrogen and oxygen atoms in total. The van der Waals surface area contributed by atoms with E-state index in [9.17, 15) is 4.79 Å². The van der Waals surface area contributed by atoms with E-state index in [2.05, 4.69) is 27.0 Å². The lowest BCUT2D eigenvalue weighted by Crippen LogP contribution is -2.38. The number of anilines is 1. The van der Waals surface area contributed by atoms with Gasteiger partial charge < -0.3 is 19.5 Å². The molecule has 1 saturated heterocycles. The highest BCUT2D eigenvalue weighted by Crippen LogP contribution is 2.30. The lowest BCUT2D eigenvalue weighted by atomic mass is 10.2. The average Bonchev–Trinajstić information content (AvgIpc) is 3.17. The minimum Gasteiger partial charge on any atom is -0.493 e. The molecule has 1 aromatic heterocycles. The van der Waals surface area contributed by atoms with Crippen LogP contribution in [0.25, 0.3) is 18.7 Å². The summed E-state index contributed by atoms with van der Waals surface area (Å²) in [6.45, 7) is 10.7. The number of ether oxygens (including phenoxy) is 3. The quantitative estimate of drug-likeness (QED) is 0.578. The molecule has 1 amide bonds. The van der Waals surface area contributed by atoms with Crippen LogP contribution in [0.4, 0.5) is 5.69 Å². The van der Waals surface area contributed by atoms with Crippen molar-refractivity contribution in [3.05, 3.63) is 52.7 Å². The van der Waals surface area contributed by atoms with Crippen molar-refractivity contribution in [2.24, 2.45) is 0 Å². The molecule has 1 aromatic carbocycles. The first-order chi connectivity index (χ1) is 15.6. The third kappa shape index (κ3) is 6.57. The Morgan fingerprint density at radius 3 is 2.91 bits per heavy atom. The number of nitrogens with one attached hydrogen (secondary N) is 2.